The van der Waals surface area contributed by atoms with E-state index < -0.39 is 0 Å². The monoisotopic (exact) mass is 161 g/mol. The molecule has 0 aromatic heterocycles. The molecule has 1 aromatic rings. The summed E-state index contributed by atoms with van der Waals surface area (Å²) in [7, 11) is 0. The molecule has 2 atom stereocenters. The van der Waals surface area contributed by atoms with Gasteiger partial charge < -0.3 is 0 Å². The van der Waals surface area contributed by atoms with Crippen molar-refractivity contribution in [3.8, 4) is 0 Å². The van der Waals surface area contributed by atoms with Gasteiger partial charge in [-0.3, -0.25) is 4.90 Å². The van der Waals surface area contributed by atoms with E-state index in [0.717, 1.165) is 0 Å². The average molecular weight is 161 g/mol. The second-order valence-electron chi connectivity index (χ2n) is 3.72. The molecular formula is C11H15N. The van der Waals surface area contributed by atoms with Crippen LogP contribution in [0.5, 0.6) is 0 Å². The van der Waals surface area contributed by atoms with Gasteiger partial charge in [-0.1, -0.05) is 30.3 Å². The van der Waals surface area contributed by atoms with E-state index in [9.17, 15) is 0 Å². The molecule has 0 amide bonds. The zero-order chi connectivity index (χ0) is 8.55. The predicted molar refractivity (Wildman–Crippen MR) is 51.0 cm³/mol. The Morgan fingerprint density at radius 2 is 1.92 bits per heavy atom. The Morgan fingerprint density at radius 1 is 1.25 bits per heavy atom. The van der Waals surface area contributed by atoms with Crippen molar-refractivity contribution in [2.24, 2.45) is 0 Å². The highest BCUT2D eigenvalue weighted by Crippen LogP contribution is 2.36. The van der Waals surface area contributed by atoms with Crippen molar-refractivity contribution in [3.63, 3.8) is 0 Å². The Hall–Kier alpha value is -0.820. The Labute approximate surface area is 74.0 Å². The molecule has 1 unspecified atom stereocenters. The van der Waals surface area contributed by atoms with E-state index in [1.54, 1.807) is 0 Å². The molecule has 64 valence electrons. The van der Waals surface area contributed by atoms with Crippen molar-refractivity contribution in [3.05, 3.63) is 35.9 Å². The van der Waals surface area contributed by atoms with E-state index in [2.05, 4.69) is 49.1 Å². The third kappa shape index (κ3) is 1.37. The van der Waals surface area contributed by atoms with Crippen LogP contribution < -0.4 is 0 Å². The molecule has 1 saturated heterocycles. The Balaban J connectivity index is 2.06. The second kappa shape index (κ2) is 2.91. The summed E-state index contributed by atoms with van der Waals surface area (Å²) in [4.78, 5) is 2.50. The van der Waals surface area contributed by atoms with Gasteiger partial charge in [0.25, 0.3) is 0 Å². The normalized spacial score (nSPS) is 27.6. The van der Waals surface area contributed by atoms with Crippen LogP contribution in [-0.2, 0) is 0 Å². The van der Waals surface area contributed by atoms with Crippen molar-refractivity contribution in [2.45, 2.75) is 25.9 Å². The molecule has 0 N–H and O–H groups in total. The molecule has 1 heterocycles. The van der Waals surface area contributed by atoms with Gasteiger partial charge >= 0.3 is 0 Å². The number of rotatable bonds is 2. The second-order valence-corrected chi connectivity index (χ2v) is 3.72. The number of hydrogen-bond donors (Lipinski definition) is 0. The minimum atomic E-state index is 0.690. The Morgan fingerprint density at radius 3 is 2.42 bits per heavy atom. The molecule has 1 aromatic carbocycles. The van der Waals surface area contributed by atoms with Gasteiger partial charge in [-0.2, -0.15) is 0 Å². The van der Waals surface area contributed by atoms with Gasteiger partial charge in [0.1, 0.15) is 0 Å². The fraction of sp³-hybridized carbons (Fsp3) is 0.455. The van der Waals surface area contributed by atoms with Gasteiger partial charge in [0.05, 0.1) is 0 Å². The molecule has 1 aliphatic heterocycles. The molecule has 0 spiro atoms. The summed E-state index contributed by atoms with van der Waals surface area (Å²) in [5, 5.41) is 0. The fourth-order valence-corrected chi connectivity index (χ4v) is 1.70. The summed E-state index contributed by atoms with van der Waals surface area (Å²) in [5.41, 5.74) is 1.46. The van der Waals surface area contributed by atoms with Crippen molar-refractivity contribution in [1.82, 2.24) is 4.90 Å². The highest BCUT2D eigenvalue weighted by atomic mass is 15.3. The highest BCUT2D eigenvalue weighted by Gasteiger charge is 2.36. The quantitative estimate of drug-likeness (QED) is 0.602. The minimum absolute atomic E-state index is 0.690. The van der Waals surface area contributed by atoms with Crippen molar-refractivity contribution < 1.29 is 0 Å². The third-order valence-corrected chi connectivity index (χ3v) is 2.50. The van der Waals surface area contributed by atoms with Crippen LogP contribution in [0.15, 0.2) is 30.3 Å². The third-order valence-electron chi connectivity index (χ3n) is 2.50. The molecule has 1 nitrogen and oxygen atoms in total. The van der Waals surface area contributed by atoms with Gasteiger partial charge in [-0.25, -0.2) is 0 Å². The van der Waals surface area contributed by atoms with E-state index in [1.165, 1.54) is 12.1 Å². The summed E-state index contributed by atoms with van der Waals surface area (Å²) in [6.07, 6.45) is 0. The van der Waals surface area contributed by atoms with Crippen LogP contribution in [0.1, 0.15) is 25.5 Å². The van der Waals surface area contributed by atoms with E-state index in [4.69, 9.17) is 0 Å². The summed E-state index contributed by atoms with van der Waals surface area (Å²) in [5.74, 6) is 0. The van der Waals surface area contributed by atoms with Gasteiger partial charge in [-0.05, 0) is 19.4 Å². The molecule has 2 rings (SSSR count). The molecular weight excluding hydrogens is 146 g/mol. The molecule has 1 aliphatic rings. The first-order valence-electron chi connectivity index (χ1n) is 4.59. The maximum Gasteiger partial charge on any atom is 0.0479 e. The van der Waals surface area contributed by atoms with Crippen LogP contribution in [0.2, 0.25) is 0 Å². The minimum Gasteiger partial charge on any atom is -0.291 e. The van der Waals surface area contributed by atoms with Crippen LogP contribution in [0.25, 0.3) is 0 Å². The summed E-state index contributed by atoms with van der Waals surface area (Å²) >= 11 is 0. The average Bonchev–Trinajstić information content (AvgIpc) is 2.84. The summed E-state index contributed by atoms with van der Waals surface area (Å²) in [6, 6.07) is 12.1. The van der Waals surface area contributed by atoms with Crippen molar-refractivity contribution >= 4 is 0 Å². The lowest BCUT2D eigenvalue weighted by Crippen LogP contribution is -2.08. The van der Waals surface area contributed by atoms with Crippen LogP contribution in [0.3, 0.4) is 0 Å². The zero-order valence-electron chi connectivity index (χ0n) is 7.70. The number of nitrogens with zero attached hydrogens (tertiary/aromatic N) is 1. The first-order valence-corrected chi connectivity index (χ1v) is 4.59. The van der Waals surface area contributed by atoms with E-state index in [-0.39, 0.29) is 0 Å². The molecule has 0 radical (unpaired) electrons. The van der Waals surface area contributed by atoms with Crippen LogP contribution >= 0.6 is 0 Å². The molecule has 0 bridgehead atoms. The number of benzene rings is 1. The van der Waals surface area contributed by atoms with Gasteiger partial charge in [0.15, 0.2) is 0 Å². The molecule has 0 aliphatic carbocycles. The van der Waals surface area contributed by atoms with E-state index in [0.29, 0.717) is 12.1 Å². The fourth-order valence-electron chi connectivity index (χ4n) is 1.70. The van der Waals surface area contributed by atoms with Crippen molar-refractivity contribution in [1.29, 1.82) is 0 Å². The first kappa shape index (κ1) is 7.81. The van der Waals surface area contributed by atoms with Crippen LogP contribution in [0, 0.1) is 0 Å². The lowest BCUT2D eigenvalue weighted by atomic mass is 10.2. The van der Waals surface area contributed by atoms with Gasteiger partial charge in [0.2, 0.25) is 0 Å². The highest BCUT2D eigenvalue weighted by molar-refractivity contribution is 5.23. The smallest absolute Gasteiger partial charge is 0.0479 e. The first-order chi connectivity index (χ1) is 5.79. The lowest BCUT2D eigenvalue weighted by molar-refractivity contribution is 0.425. The van der Waals surface area contributed by atoms with Crippen LogP contribution in [-0.4, -0.2) is 17.5 Å². The summed E-state index contributed by atoms with van der Waals surface area (Å²) < 4.78 is 0. The maximum absolute atomic E-state index is 2.50. The Kier molecular flexibility index (Phi) is 1.89. The Bertz CT molecular complexity index is 253. The molecule has 12 heavy (non-hydrogen) atoms. The van der Waals surface area contributed by atoms with E-state index in [1.807, 2.05) is 0 Å². The standard InChI is InChI=1S/C11H15N/c1-9(2)12-8-11(12)10-6-4-3-5-7-10/h3-7,9,11H,8H2,1-2H3/t11-,12?/m0/s1. The SMILES string of the molecule is CC(C)N1C[C@H]1c1ccccc1. The molecule has 0 saturated carbocycles. The number of hydrogen-bond acceptors (Lipinski definition) is 1. The zero-order valence-corrected chi connectivity index (χ0v) is 7.70. The van der Waals surface area contributed by atoms with Gasteiger partial charge in [0, 0.05) is 18.6 Å². The van der Waals surface area contributed by atoms with Crippen LogP contribution in [0.4, 0.5) is 0 Å². The lowest BCUT2D eigenvalue weighted by Gasteiger charge is -2.06. The van der Waals surface area contributed by atoms with E-state index >= 15 is 0 Å². The summed E-state index contributed by atoms with van der Waals surface area (Å²) in [6.45, 7) is 5.74. The predicted octanol–water partition coefficient (Wildman–Crippen LogP) is 2.45. The topological polar surface area (TPSA) is 3.01 Å². The molecule has 1 heteroatoms. The largest absolute Gasteiger partial charge is 0.291 e. The van der Waals surface area contributed by atoms with Gasteiger partial charge in [-0.15, -0.1) is 0 Å². The van der Waals surface area contributed by atoms with Crippen molar-refractivity contribution in [2.75, 3.05) is 6.54 Å². The molecule has 1 fully saturated rings. The maximum atomic E-state index is 2.50.